The van der Waals surface area contributed by atoms with Crippen LogP contribution in [0, 0.1) is 0 Å². The van der Waals surface area contributed by atoms with Crippen LogP contribution >= 0.6 is 11.6 Å². The molecule has 1 aliphatic rings. The number of nitrogens with zero attached hydrogens (tertiary/aromatic N) is 2. The molecule has 0 fully saturated rings. The number of methoxy groups -OCH3 is 1. The molecular formula is C17H17ClN2O3. The number of hydrogen-bond donors (Lipinski definition) is 0. The maximum atomic E-state index is 12.9. The van der Waals surface area contributed by atoms with Gasteiger partial charge in [0.1, 0.15) is 5.75 Å². The van der Waals surface area contributed by atoms with Crippen LogP contribution in [0.3, 0.4) is 0 Å². The molecule has 0 spiro atoms. The fourth-order valence-corrected chi connectivity index (χ4v) is 3.14. The number of benzene rings is 1. The predicted octanol–water partition coefficient (Wildman–Crippen LogP) is 2.64. The molecule has 2 aromatic rings. The van der Waals surface area contributed by atoms with Crippen molar-refractivity contribution in [1.82, 2.24) is 4.57 Å². The molecule has 1 aromatic carbocycles. The second-order valence-electron chi connectivity index (χ2n) is 5.50. The van der Waals surface area contributed by atoms with Crippen LogP contribution in [0.5, 0.6) is 5.75 Å². The highest BCUT2D eigenvalue weighted by molar-refractivity contribution is 6.32. The van der Waals surface area contributed by atoms with E-state index in [9.17, 15) is 9.59 Å². The maximum absolute atomic E-state index is 12.9. The van der Waals surface area contributed by atoms with Crippen LogP contribution in [0.1, 0.15) is 22.3 Å². The third-order valence-corrected chi connectivity index (χ3v) is 4.42. The quantitative estimate of drug-likeness (QED) is 0.849. The number of aromatic nitrogens is 1. The summed E-state index contributed by atoms with van der Waals surface area (Å²) < 4.78 is 6.82. The molecule has 0 radical (unpaired) electrons. The van der Waals surface area contributed by atoms with Crippen LogP contribution in [0.2, 0.25) is 5.02 Å². The number of amides is 1. The van der Waals surface area contributed by atoms with Gasteiger partial charge in [-0.15, -0.1) is 0 Å². The minimum Gasteiger partial charge on any atom is -0.495 e. The van der Waals surface area contributed by atoms with E-state index in [4.69, 9.17) is 16.3 Å². The van der Waals surface area contributed by atoms with Gasteiger partial charge in [-0.2, -0.15) is 0 Å². The van der Waals surface area contributed by atoms with Crippen molar-refractivity contribution in [3.8, 4) is 5.75 Å². The SMILES string of the molecule is COc1ccc(Cl)c2c1N(C(=O)c1ccc(=O)n(C)c1)CCC2. The topological polar surface area (TPSA) is 51.5 Å². The third kappa shape index (κ3) is 2.72. The van der Waals surface area contributed by atoms with Crippen LogP contribution in [-0.2, 0) is 13.5 Å². The lowest BCUT2D eigenvalue weighted by Crippen LogP contribution is -2.36. The van der Waals surface area contributed by atoms with Crippen LogP contribution in [0.25, 0.3) is 0 Å². The van der Waals surface area contributed by atoms with Crippen molar-refractivity contribution in [1.29, 1.82) is 0 Å². The van der Waals surface area contributed by atoms with Gasteiger partial charge in [0, 0.05) is 30.9 Å². The van der Waals surface area contributed by atoms with Gasteiger partial charge >= 0.3 is 0 Å². The summed E-state index contributed by atoms with van der Waals surface area (Å²) in [6.07, 6.45) is 3.19. The van der Waals surface area contributed by atoms with E-state index >= 15 is 0 Å². The van der Waals surface area contributed by atoms with Gasteiger partial charge in [0.25, 0.3) is 5.91 Å². The Morgan fingerprint density at radius 3 is 2.74 bits per heavy atom. The molecule has 0 saturated carbocycles. The van der Waals surface area contributed by atoms with Crippen molar-refractivity contribution in [3.63, 3.8) is 0 Å². The molecule has 6 heteroatoms. The van der Waals surface area contributed by atoms with E-state index in [-0.39, 0.29) is 11.5 Å². The van der Waals surface area contributed by atoms with E-state index in [2.05, 4.69) is 0 Å². The molecule has 0 saturated heterocycles. The number of anilines is 1. The normalized spacial score (nSPS) is 13.6. The molecule has 0 atom stereocenters. The number of pyridine rings is 1. The molecule has 0 aliphatic carbocycles. The van der Waals surface area contributed by atoms with Crippen LogP contribution in [0.15, 0.2) is 35.3 Å². The van der Waals surface area contributed by atoms with Gasteiger partial charge in [0.05, 0.1) is 18.4 Å². The number of hydrogen-bond acceptors (Lipinski definition) is 3. The number of rotatable bonds is 2. The molecule has 2 heterocycles. The summed E-state index contributed by atoms with van der Waals surface area (Å²) in [7, 11) is 3.20. The second kappa shape index (κ2) is 6.08. The van der Waals surface area contributed by atoms with E-state index in [1.807, 2.05) is 0 Å². The molecule has 5 nitrogen and oxygen atoms in total. The summed E-state index contributed by atoms with van der Waals surface area (Å²) in [6, 6.07) is 6.51. The average molecular weight is 333 g/mol. The van der Waals surface area contributed by atoms with E-state index in [0.717, 1.165) is 24.1 Å². The second-order valence-corrected chi connectivity index (χ2v) is 5.91. The first-order valence-corrected chi connectivity index (χ1v) is 7.74. The van der Waals surface area contributed by atoms with E-state index < -0.39 is 0 Å². The minimum absolute atomic E-state index is 0.152. The lowest BCUT2D eigenvalue weighted by Gasteiger charge is -2.31. The van der Waals surface area contributed by atoms with Crippen LogP contribution in [0.4, 0.5) is 5.69 Å². The molecule has 120 valence electrons. The molecule has 3 rings (SSSR count). The zero-order chi connectivity index (χ0) is 16.6. The molecule has 1 aliphatic heterocycles. The largest absolute Gasteiger partial charge is 0.495 e. The number of halogens is 1. The third-order valence-electron chi connectivity index (χ3n) is 4.06. The lowest BCUT2D eigenvalue weighted by atomic mass is 10.00. The highest BCUT2D eigenvalue weighted by Crippen LogP contribution is 2.40. The summed E-state index contributed by atoms with van der Waals surface area (Å²) in [5.74, 6) is 0.462. The Bertz CT molecular complexity index is 829. The molecule has 0 N–H and O–H groups in total. The Labute approximate surface area is 139 Å². The first-order valence-electron chi connectivity index (χ1n) is 7.37. The number of ether oxygens (including phenoxy) is 1. The van der Waals surface area contributed by atoms with Crippen molar-refractivity contribution >= 4 is 23.2 Å². The van der Waals surface area contributed by atoms with Crippen molar-refractivity contribution in [3.05, 3.63) is 57.0 Å². The first kappa shape index (κ1) is 15.6. The van der Waals surface area contributed by atoms with Gasteiger partial charge in [-0.3, -0.25) is 9.59 Å². The van der Waals surface area contributed by atoms with E-state index in [1.54, 1.807) is 43.5 Å². The van der Waals surface area contributed by atoms with Crippen molar-refractivity contribution in [2.75, 3.05) is 18.6 Å². The highest BCUT2D eigenvalue weighted by atomic mass is 35.5. The zero-order valence-electron chi connectivity index (χ0n) is 13.0. The Balaban J connectivity index is 2.09. The number of aryl methyl sites for hydroxylation is 1. The Morgan fingerprint density at radius 1 is 1.26 bits per heavy atom. The summed E-state index contributed by atoms with van der Waals surface area (Å²) in [5.41, 5.74) is 1.96. The molecule has 23 heavy (non-hydrogen) atoms. The fraction of sp³-hybridized carbons (Fsp3) is 0.294. The number of carbonyl (C=O) groups excluding carboxylic acids is 1. The molecular weight excluding hydrogens is 316 g/mol. The van der Waals surface area contributed by atoms with Crippen LogP contribution < -0.4 is 15.2 Å². The van der Waals surface area contributed by atoms with Gasteiger partial charge in [0.15, 0.2) is 0 Å². The average Bonchev–Trinajstić information content (AvgIpc) is 2.57. The minimum atomic E-state index is -0.165. The fourth-order valence-electron chi connectivity index (χ4n) is 2.89. The Hall–Kier alpha value is -2.27. The summed E-state index contributed by atoms with van der Waals surface area (Å²) in [6.45, 7) is 0.589. The van der Waals surface area contributed by atoms with Gasteiger partial charge in [-0.05, 0) is 36.6 Å². The lowest BCUT2D eigenvalue weighted by molar-refractivity contribution is 0.0983. The van der Waals surface area contributed by atoms with E-state index in [1.165, 1.54) is 10.6 Å². The standard InChI is InChI=1S/C17H17ClN2O3/c1-19-10-11(5-8-15(19)21)17(22)20-9-3-4-12-13(18)6-7-14(23-2)16(12)20/h5-8,10H,3-4,9H2,1-2H3. The monoisotopic (exact) mass is 332 g/mol. The molecule has 0 bridgehead atoms. The van der Waals surface area contributed by atoms with E-state index in [0.29, 0.717) is 22.9 Å². The first-order chi connectivity index (χ1) is 11.0. The molecule has 0 unspecified atom stereocenters. The van der Waals surface area contributed by atoms with Gasteiger partial charge in [-0.1, -0.05) is 11.6 Å². The Kier molecular flexibility index (Phi) is 4.13. The van der Waals surface area contributed by atoms with Crippen molar-refractivity contribution < 1.29 is 9.53 Å². The maximum Gasteiger partial charge on any atom is 0.259 e. The number of carbonyl (C=O) groups is 1. The highest BCUT2D eigenvalue weighted by Gasteiger charge is 2.28. The summed E-state index contributed by atoms with van der Waals surface area (Å²) in [4.78, 5) is 26.1. The zero-order valence-corrected chi connectivity index (χ0v) is 13.8. The van der Waals surface area contributed by atoms with Gasteiger partial charge in [-0.25, -0.2) is 0 Å². The van der Waals surface area contributed by atoms with Gasteiger partial charge in [0.2, 0.25) is 5.56 Å². The predicted molar refractivity (Wildman–Crippen MR) is 89.7 cm³/mol. The summed E-state index contributed by atoms with van der Waals surface area (Å²) in [5, 5.41) is 0.638. The van der Waals surface area contributed by atoms with Crippen LogP contribution in [-0.4, -0.2) is 24.1 Å². The summed E-state index contributed by atoms with van der Waals surface area (Å²) >= 11 is 6.29. The Morgan fingerprint density at radius 2 is 2.04 bits per heavy atom. The molecule has 1 aromatic heterocycles. The van der Waals surface area contributed by atoms with Crippen molar-refractivity contribution in [2.24, 2.45) is 7.05 Å². The number of fused-ring (bicyclic) bond motifs is 1. The van der Waals surface area contributed by atoms with Crippen molar-refractivity contribution in [2.45, 2.75) is 12.8 Å². The van der Waals surface area contributed by atoms with Gasteiger partial charge < -0.3 is 14.2 Å². The molecule has 1 amide bonds. The smallest absolute Gasteiger partial charge is 0.259 e.